The third kappa shape index (κ3) is 3.79. The van der Waals surface area contributed by atoms with Crippen molar-refractivity contribution in [2.75, 3.05) is 0 Å². The molecular weight excluding hydrogens is 280 g/mol. The van der Waals surface area contributed by atoms with Crippen LogP contribution in [-0.4, -0.2) is 31.4 Å². The van der Waals surface area contributed by atoms with E-state index in [9.17, 15) is 18.0 Å². The highest BCUT2D eigenvalue weighted by atomic mass is 32.2. The lowest BCUT2D eigenvalue weighted by Gasteiger charge is -2.11. The van der Waals surface area contributed by atoms with E-state index in [1.165, 1.54) is 6.07 Å². The number of primary amides is 1. The predicted molar refractivity (Wildman–Crippen MR) is 64.6 cm³/mol. The van der Waals surface area contributed by atoms with Crippen molar-refractivity contribution in [3.05, 3.63) is 17.0 Å². The van der Waals surface area contributed by atoms with Crippen LogP contribution in [0.3, 0.4) is 0 Å². The van der Waals surface area contributed by atoms with E-state index in [2.05, 4.69) is 0 Å². The lowest BCUT2D eigenvalue weighted by atomic mass is 10.2. The van der Waals surface area contributed by atoms with Gasteiger partial charge in [0.2, 0.25) is 5.91 Å². The molecule has 0 aliphatic rings. The van der Waals surface area contributed by atoms with Crippen LogP contribution in [-0.2, 0) is 19.6 Å². The zero-order chi connectivity index (χ0) is 13.9. The third-order valence-corrected chi connectivity index (χ3v) is 4.95. The highest BCUT2D eigenvalue weighted by Crippen LogP contribution is 2.20. The number of aliphatic carboxylic acids is 1. The molecule has 100 valence electrons. The Hall–Kier alpha value is -1.45. The number of nitrogens with one attached hydrogen (secondary N) is 1. The zero-order valence-corrected chi connectivity index (χ0v) is 11.0. The number of carboxylic acid groups (broad SMARTS) is 1. The molecule has 1 amide bonds. The van der Waals surface area contributed by atoms with Crippen LogP contribution in [0.15, 0.2) is 16.3 Å². The second-order valence-electron chi connectivity index (χ2n) is 3.55. The van der Waals surface area contributed by atoms with Gasteiger partial charge in [-0.1, -0.05) is 0 Å². The van der Waals surface area contributed by atoms with Gasteiger partial charge in [0, 0.05) is 4.88 Å². The molecule has 0 saturated carbocycles. The number of aryl methyl sites for hydroxylation is 1. The van der Waals surface area contributed by atoms with Crippen molar-refractivity contribution in [3.8, 4) is 0 Å². The predicted octanol–water partition coefficient (Wildman–Crippen LogP) is -0.337. The van der Waals surface area contributed by atoms with Gasteiger partial charge in [0.15, 0.2) is 0 Å². The fourth-order valence-electron chi connectivity index (χ4n) is 1.18. The summed E-state index contributed by atoms with van der Waals surface area (Å²) in [5.74, 6) is -2.35. The number of hydrogen-bond donors (Lipinski definition) is 3. The molecule has 1 atom stereocenters. The summed E-state index contributed by atoms with van der Waals surface area (Å²) in [6.45, 7) is 1.72. The standard InChI is InChI=1S/C9H12N2O5S2/c1-5-2-3-8(17-5)18(15,16)11-6(9(13)14)4-7(10)12/h2-3,6,11H,4H2,1H3,(H2,10,12)(H,13,14). The second kappa shape index (κ2) is 5.46. The Balaban J connectivity index is 2.93. The smallest absolute Gasteiger partial charge is 0.322 e. The minimum atomic E-state index is -3.95. The molecule has 9 heteroatoms. The highest BCUT2D eigenvalue weighted by molar-refractivity contribution is 7.91. The van der Waals surface area contributed by atoms with Crippen LogP contribution < -0.4 is 10.5 Å². The summed E-state index contributed by atoms with van der Waals surface area (Å²) in [5, 5.41) is 8.81. The van der Waals surface area contributed by atoms with E-state index in [1.807, 2.05) is 4.72 Å². The maximum atomic E-state index is 11.8. The van der Waals surface area contributed by atoms with Crippen LogP contribution in [0.5, 0.6) is 0 Å². The molecule has 0 saturated heterocycles. The van der Waals surface area contributed by atoms with Crippen LogP contribution >= 0.6 is 11.3 Å². The van der Waals surface area contributed by atoms with Crippen LogP contribution in [0.1, 0.15) is 11.3 Å². The summed E-state index contributed by atoms with van der Waals surface area (Å²) in [5.41, 5.74) is 4.86. The van der Waals surface area contributed by atoms with Crippen LogP contribution in [0.2, 0.25) is 0 Å². The Labute approximate surface area is 108 Å². The van der Waals surface area contributed by atoms with Gasteiger partial charge in [-0.3, -0.25) is 9.59 Å². The van der Waals surface area contributed by atoms with Gasteiger partial charge in [0.25, 0.3) is 10.0 Å². The Morgan fingerprint density at radius 2 is 2.11 bits per heavy atom. The van der Waals surface area contributed by atoms with Crippen LogP contribution in [0, 0.1) is 6.92 Å². The van der Waals surface area contributed by atoms with Crippen LogP contribution in [0.25, 0.3) is 0 Å². The van der Waals surface area contributed by atoms with Crippen molar-refractivity contribution >= 4 is 33.2 Å². The highest BCUT2D eigenvalue weighted by Gasteiger charge is 2.27. The van der Waals surface area contributed by atoms with Gasteiger partial charge >= 0.3 is 5.97 Å². The summed E-state index contributed by atoms with van der Waals surface area (Å²) in [6.07, 6.45) is -0.598. The molecule has 0 aromatic carbocycles. The summed E-state index contributed by atoms with van der Waals surface area (Å²) in [7, 11) is -3.95. The third-order valence-electron chi connectivity index (χ3n) is 1.98. The molecule has 1 heterocycles. The molecule has 0 radical (unpaired) electrons. The number of thiophene rings is 1. The first-order valence-electron chi connectivity index (χ1n) is 4.82. The van der Waals surface area contributed by atoms with E-state index < -0.39 is 34.4 Å². The molecule has 0 aliphatic heterocycles. The fraction of sp³-hybridized carbons (Fsp3) is 0.333. The largest absolute Gasteiger partial charge is 0.480 e. The Morgan fingerprint density at radius 3 is 2.50 bits per heavy atom. The van der Waals surface area contributed by atoms with Crippen molar-refractivity contribution in [3.63, 3.8) is 0 Å². The molecule has 0 fully saturated rings. The van der Waals surface area contributed by atoms with E-state index in [1.54, 1.807) is 13.0 Å². The summed E-state index contributed by atoms with van der Waals surface area (Å²) >= 11 is 1.01. The summed E-state index contributed by atoms with van der Waals surface area (Å²) in [4.78, 5) is 22.3. The van der Waals surface area contributed by atoms with E-state index in [-0.39, 0.29) is 4.21 Å². The van der Waals surface area contributed by atoms with Gasteiger partial charge in [-0.15, -0.1) is 11.3 Å². The number of nitrogens with two attached hydrogens (primary N) is 1. The molecule has 0 bridgehead atoms. The quantitative estimate of drug-likeness (QED) is 0.661. The van der Waals surface area contributed by atoms with Crippen molar-refractivity contribution < 1.29 is 23.1 Å². The van der Waals surface area contributed by atoms with Crippen molar-refractivity contribution in [2.24, 2.45) is 5.73 Å². The van der Waals surface area contributed by atoms with Crippen LogP contribution in [0.4, 0.5) is 0 Å². The number of carboxylic acids is 1. The van der Waals surface area contributed by atoms with Gasteiger partial charge < -0.3 is 10.8 Å². The lowest BCUT2D eigenvalue weighted by Crippen LogP contribution is -2.43. The maximum absolute atomic E-state index is 11.8. The minimum Gasteiger partial charge on any atom is -0.480 e. The molecule has 0 spiro atoms. The summed E-state index contributed by atoms with van der Waals surface area (Å²) < 4.78 is 25.6. The molecule has 18 heavy (non-hydrogen) atoms. The van der Waals surface area contributed by atoms with Gasteiger partial charge in [0.05, 0.1) is 6.42 Å². The normalized spacial score (nSPS) is 13.2. The van der Waals surface area contributed by atoms with E-state index in [0.29, 0.717) is 0 Å². The molecule has 4 N–H and O–H groups in total. The average Bonchev–Trinajstić information content (AvgIpc) is 2.63. The monoisotopic (exact) mass is 292 g/mol. The van der Waals surface area contributed by atoms with Crippen molar-refractivity contribution in [1.29, 1.82) is 0 Å². The number of rotatable bonds is 6. The molecule has 1 aromatic heterocycles. The van der Waals surface area contributed by atoms with E-state index in [4.69, 9.17) is 10.8 Å². The maximum Gasteiger partial charge on any atom is 0.322 e. The SMILES string of the molecule is Cc1ccc(S(=O)(=O)NC(CC(N)=O)C(=O)O)s1. The van der Waals surface area contributed by atoms with Gasteiger partial charge in [0.1, 0.15) is 10.3 Å². The molecule has 1 rings (SSSR count). The number of carbonyl (C=O) groups is 2. The number of carbonyl (C=O) groups excluding carboxylic acids is 1. The molecule has 7 nitrogen and oxygen atoms in total. The Morgan fingerprint density at radius 1 is 1.50 bits per heavy atom. The number of hydrogen-bond acceptors (Lipinski definition) is 5. The Kier molecular flexibility index (Phi) is 4.43. The topological polar surface area (TPSA) is 127 Å². The van der Waals surface area contributed by atoms with Gasteiger partial charge in [-0.2, -0.15) is 4.72 Å². The average molecular weight is 292 g/mol. The molecule has 1 aromatic rings. The van der Waals surface area contributed by atoms with Crippen molar-refractivity contribution in [1.82, 2.24) is 4.72 Å². The lowest BCUT2D eigenvalue weighted by molar-refractivity contribution is -0.140. The van der Waals surface area contributed by atoms with E-state index >= 15 is 0 Å². The van der Waals surface area contributed by atoms with Crippen molar-refractivity contribution in [2.45, 2.75) is 23.6 Å². The second-order valence-corrected chi connectivity index (χ2v) is 6.78. The fourth-order valence-corrected chi connectivity index (χ4v) is 3.67. The molecule has 0 aliphatic carbocycles. The number of sulfonamides is 1. The van der Waals surface area contributed by atoms with Gasteiger partial charge in [-0.05, 0) is 19.1 Å². The minimum absolute atomic E-state index is 0.00396. The molecule has 1 unspecified atom stereocenters. The van der Waals surface area contributed by atoms with E-state index in [0.717, 1.165) is 16.2 Å². The first-order valence-corrected chi connectivity index (χ1v) is 7.12. The summed E-state index contributed by atoms with van der Waals surface area (Å²) in [6, 6.07) is 1.41. The first kappa shape index (κ1) is 14.6. The first-order chi connectivity index (χ1) is 8.22. The molecular formula is C9H12N2O5S2. The zero-order valence-electron chi connectivity index (χ0n) is 9.41. The number of amides is 1. The van der Waals surface area contributed by atoms with Gasteiger partial charge in [-0.25, -0.2) is 8.42 Å². The Bertz CT molecular complexity index is 563.